The molecule has 0 spiro atoms. The van der Waals surface area contributed by atoms with E-state index in [1.807, 2.05) is 12.1 Å². The number of carbonyl (C=O) groups is 1. The number of rotatable bonds is 5. The second-order valence-electron chi connectivity index (χ2n) is 5.04. The van der Waals surface area contributed by atoms with Crippen LogP contribution in [0.2, 0.25) is 15.1 Å². The van der Waals surface area contributed by atoms with Gasteiger partial charge in [-0.3, -0.25) is 4.79 Å². The van der Waals surface area contributed by atoms with Gasteiger partial charge in [0.1, 0.15) is 18.1 Å². The first kappa shape index (κ1) is 17.7. The van der Waals surface area contributed by atoms with Crippen LogP contribution in [0.15, 0.2) is 59.0 Å². The summed E-state index contributed by atoms with van der Waals surface area (Å²) in [6, 6.07) is 15.3. The summed E-state index contributed by atoms with van der Waals surface area (Å²) < 4.78 is 11.1. The molecule has 3 rings (SSSR count). The summed E-state index contributed by atoms with van der Waals surface area (Å²) in [5, 5.41) is 3.82. The summed E-state index contributed by atoms with van der Waals surface area (Å²) in [5.41, 5.74) is 0.334. The van der Waals surface area contributed by atoms with Crippen molar-refractivity contribution >= 4 is 46.4 Å². The fraction of sp³-hybridized carbons (Fsp3) is 0.0556. The van der Waals surface area contributed by atoms with Gasteiger partial charge in [-0.15, -0.1) is 0 Å². The fourth-order valence-electron chi connectivity index (χ4n) is 2.08. The van der Waals surface area contributed by atoms with Crippen molar-refractivity contribution in [1.29, 1.82) is 0 Å². The Morgan fingerprint density at radius 2 is 1.60 bits per heavy atom. The number of nitrogens with one attached hydrogen (secondary N) is 1. The molecule has 1 aromatic heterocycles. The molecule has 4 nitrogen and oxygen atoms in total. The molecule has 0 aliphatic heterocycles. The highest BCUT2D eigenvalue weighted by atomic mass is 35.5. The number of hydrogen-bond donors (Lipinski definition) is 1. The molecule has 0 saturated carbocycles. The first-order chi connectivity index (χ1) is 12.0. The molecule has 0 aliphatic carbocycles. The van der Waals surface area contributed by atoms with E-state index in [4.69, 9.17) is 44.0 Å². The average molecular weight is 397 g/mol. The van der Waals surface area contributed by atoms with Crippen molar-refractivity contribution in [1.82, 2.24) is 0 Å². The van der Waals surface area contributed by atoms with Gasteiger partial charge in [-0.25, -0.2) is 0 Å². The van der Waals surface area contributed by atoms with Crippen molar-refractivity contribution in [2.75, 3.05) is 5.32 Å². The fourth-order valence-corrected chi connectivity index (χ4v) is 2.76. The van der Waals surface area contributed by atoms with Gasteiger partial charge in [0.05, 0.1) is 20.8 Å². The van der Waals surface area contributed by atoms with Crippen LogP contribution >= 0.6 is 34.8 Å². The molecule has 2 aromatic carbocycles. The lowest BCUT2D eigenvalue weighted by molar-refractivity contribution is 0.0992. The molecule has 3 aromatic rings. The van der Waals surface area contributed by atoms with Crippen molar-refractivity contribution in [2.24, 2.45) is 0 Å². The van der Waals surface area contributed by atoms with Crippen LogP contribution in [0, 0.1) is 0 Å². The number of furan rings is 1. The van der Waals surface area contributed by atoms with Crippen LogP contribution in [-0.2, 0) is 6.61 Å². The number of ether oxygens (including phenoxy) is 1. The van der Waals surface area contributed by atoms with Crippen molar-refractivity contribution in [2.45, 2.75) is 6.61 Å². The van der Waals surface area contributed by atoms with Crippen LogP contribution < -0.4 is 10.1 Å². The predicted molar refractivity (Wildman–Crippen MR) is 98.9 cm³/mol. The largest absolute Gasteiger partial charge is 0.484 e. The summed E-state index contributed by atoms with van der Waals surface area (Å²) in [5.74, 6) is 0.678. The normalized spacial score (nSPS) is 10.5. The molecule has 0 radical (unpaired) electrons. The van der Waals surface area contributed by atoms with E-state index in [0.717, 1.165) is 0 Å². The van der Waals surface area contributed by atoms with Gasteiger partial charge >= 0.3 is 0 Å². The lowest BCUT2D eigenvalue weighted by atomic mass is 10.3. The first-order valence-electron chi connectivity index (χ1n) is 7.26. The third-order valence-corrected chi connectivity index (χ3v) is 4.24. The zero-order valence-corrected chi connectivity index (χ0v) is 15.0. The van der Waals surface area contributed by atoms with Gasteiger partial charge in [0, 0.05) is 0 Å². The summed E-state index contributed by atoms with van der Waals surface area (Å²) in [4.78, 5) is 12.3. The Hall–Kier alpha value is -2.14. The Morgan fingerprint density at radius 1 is 0.920 bits per heavy atom. The molecule has 0 unspecified atom stereocenters. The van der Waals surface area contributed by atoms with Gasteiger partial charge in [-0.2, -0.15) is 0 Å². The van der Waals surface area contributed by atoms with Crippen LogP contribution in [0.4, 0.5) is 5.69 Å². The van der Waals surface area contributed by atoms with E-state index in [9.17, 15) is 4.79 Å². The molecular weight excluding hydrogens is 385 g/mol. The Kier molecular flexibility index (Phi) is 5.53. The molecule has 1 amide bonds. The van der Waals surface area contributed by atoms with E-state index in [0.29, 0.717) is 32.3 Å². The second kappa shape index (κ2) is 7.83. The maximum Gasteiger partial charge on any atom is 0.291 e. The van der Waals surface area contributed by atoms with Crippen LogP contribution in [0.1, 0.15) is 16.3 Å². The van der Waals surface area contributed by atoms with Gasteiger partial charge < -0.3 is 14.5 Å². The van der Waals surface area contributed by atoms with E-state index in [1.165, 1.54) is 0 Å². The lowest BCUT2D eigenvalue weighted by Crippen LogP contribution is -2.11. The molecule has 0 atom stereocenters. The molecule has 25 heavy (non-hydrogen) atoms. The van der Waals surface area contributed by atoms with Crippen molar-refractivity contribution in [3.63, 3.8) is 0 Å². The lowest BCUT2D eigenvalue weighted by Gasteiger charge is -2.08. The first-order valence-corrected chi connectivity index (χ1v) is 8.39. The van der Waals surface area contributed by atoms with Gasteiger partial charge in [0.25, 0.3) is 5.91 Å². The highest BCUT2D eigenvalue weighted by molar-refractivity contribution is 6.40. The molecule has 128 valence electrons. The zero-order chi connectivity index (χ0) is 17.8. The van der Waals surface area contributed by atoms with Crippen molar-refractivity contribution in [3.05, 3.63) is 81.2 Å². The average Bonchev–Trinajstić information content (AvgIpc) is 3.06. The number of hydrogen-bond acceptors (Lipinski definition) is 3. The SMILES string of the molecule is O=C(Nc1c(Cl)cccc1Cl)c1ccc(COc2ccccc2Cl)o1. The van der Waals surface area contributed by atoms with Crippen molar-refractivity contribution in [3.8, 4) is 5.75 Å². The summed E-state index contributed by atoms with van der Waals surface area (Å²) >= 11 is 18.1. The van der Waals surface area contributed by atoms with E-state index >= 15 is 0 Å². The minimum atomic E-state index is -0.459. The highest BCUT2D eigenvalue weighted by Crippen LogP contribution is 2.30. The smallest absolute Gasteiger partial charge is 0.291 e. The third-order valence-electron chi connectivity index (χ3n) is 3.29. The summed E-state index contributed by atoms with van der Waals surface area (Å²) in [6.07, 6.45) is 0. The number of carbonyl (C=O) groups excluding carboxylic acids is 1. The number of benzene rings is 2. The van der Waals surface area contributed by atoms with Crippen LogP contribution in [-0.4, -0.2) is 5.91 Å². The van der Waals surface area contributed by atoms with Gasteiger partial charge in [0.15, 0.2) is 5.76 Å². The number of amides is 1. The third kappa shape index (κ3) is 4.28. The Balaban J connectivity index is 1.67. The minimum absolute atomic E-state index is 0.119. The summed E-state index contributed by atoms with van der Waals surface area (Å²) in [6.45, 7) is 0.143. The molecule has 7 heteroatoms. The molecule has 1 heterocycles. The standard InChI is InChI=1S/C18H12Cl3NO3/c19-12-4-1-2-7-15(12)24-10-11-8-9-16(25-11)18(23)22-17-13(20)5-3-6-14(17)21/h1-9H,10H2,(H,22,23). The zero-order valence-electron chi connectivity index (χ0n) is 12.8. The molecule has 0 saturated heterocycles. The quantitative estimate of drug-likeness (QED) is 0.569. The second-order valence-corrected chi connectivity index (χ2v) is 6.26. The maximum atomic E-state index is 12.3. The van der Waals surface area contributed by atoms with Crippen LogP contribution in [0.5, 0.6) is 5.75 Å². The molecule has 0 fully saturated rings. The number of para-hydroxylation sites is 2. The highest BCUT2D eigenvalue weighted by Gasteiger charge is 2.15. The van der Waals surface area contributed by atoms with Gasteiger partial charge in [-0.05, 0) is 36.4 Å². The summed E-state index contributed by atoms with van der Waals surface area (Å²) in [7, 11) is 0. The molecule has 1 N–H and O–H groups in total. The van der Waals surface area contributed by atoms with E-state index in [-0.39, 0.29) is 12.4 Å². The van der Waals surface area contributed by atoms with Crippen LogP contribution in [0.25, 0.3) is 0 Å². The monoisotopic (exact) mass is 395 g/mol. The van der Waals surface area contributed by atoms with E-state index in [2.05, 4.69) is 5.32 Å². The predicted octanol–water partition coefficient (Wildman–Crippen LogP) is 6.07. The molecular formula is C18H12Cl3NO3. The Labute approximate surface area is 159 Å². The number of anilines is 1. The minimum Gasteiger partial charge on any atom is -0.484 e. The number of halogens is 3. The molecule has 0 bridgehead atoms. The van der Waals surface area contributed by atoms with E-state index in [1.54, 1.807) is 42.5 Å². The maximum absolute atomic E-state index is 12.3. The molecule has 0 aliphatic rings. The topological polar surface area (TPSA) is 51.5 Å². The van der Waals surface area contributed by atoms with Gasteiger partial charge in [0.2, 0.25) is 0 Å². The van der Waals surface area contributed by atoms with Gasteiger partial charge in [-0.1, -0.05) is 53.0 Å². The Bertz CT molecular complexity index is 888. The Morgan fingerprint density at radius 3 is 2.32 bits per heavy atom. The van der Waals surface area contributed by atoms with E-state index < -0.39 is 5.91 Å². The van der Waals surface area contributed by atoms with Crippen molar-refractivity contribution < 1.29 is 13.9 Å². The van der Waals surface area contributed by atoms with Crippen LogP contribution in [0.3, 0.4) is 0 Å².